The number of hydrogen-bond acceptors (Lipinski definition) is 9. The monoisotopic (exact) mass is 578 g/mol. The van der Waals surface area contributed by atoms with Crippen molar-refractivity contribution in [3.63, 3.8) is 0 Å². The second kappa shape index (κ2) is 11.7. The lowest BCUT2D eigenvalue weighted by Gasteiger charge is -2.39. The number of nitrogens with one attached hydrogen (secondary N) is 1. The molecule has 41 heavy (non-hydrogen) atoms. The van der Waals surface area contributed by atoms with E-state index in [-0.39, 0.29) is 29.8 Å². The Hall–Kier alpha value is -3.57. The van der Waals surface area contributed by atoms with Crippen LogP contribution in [0.2, 0.25) is 5.02 Å². The van der Waals surface area contributed by atoms with E-state index in [4.69, 9.17) is 35.8 Å². The van der Waals surface area contributed by atoms with Gasteiger partial charge in [0.15, 0.2) is 5.65 Å². The highest BCUT2D eigenvalue weighted by molar-refractivity contribution is 6.30. The smallest absolute Gasteiger partial charge is 0.374 e. The second-order valence-electron chi connectivity index (χ2n) is 11.2. The van der Waals surface area contributed by atoms with Crippen LogP contribution in [0.25, 0.3) is 34.1 Å². The summed E-state index contributed by atoms with van der Waals surface area (Å²) in [5.41, 5.74) is 2.64. The zero-order valence-electron chi connectivity index (χ0n) is 23.4. The van der Waals surface area contributed by atoms with Gasteiger partial charge in [0.05, 0.1) is 23.8 Å². The van der Waals surface area contributed by atoms with Crippen LogP contribution in [0.5, 0.6) is 0 Å². The fourth-order valence-corrected chi connectivity index (χ4v) is 6.43. The first kappa shape index (κ1) is 27.6. The molecule has 1 saturated heterocycles. The molecule has 0 spiro atoms. The first-order valence-corrected chi connectivity index (χ1v) is 14.8. The maximum absolute atomic E-state index is 11.8. The van der Waals surface area contributed by atoms with E-state index in [1.54, 1.807) is 12.4 Å². The van der Waals surface area contributed by atoms with E-state index in [1.165, 1.54) is 0 Å². The van der Waals surface area contributed by atoms with Gasteiger partial charge in [0.2, 0.25) is 17.6 Å². The van der Waals surface area contributed by atoms with Crippen molar-refractivity contribution in [1.29, 1.82) is 0 Å². The van der Waals surface area contributed by atoms with E-state index in [2.05, 4.69) is 45.0 Å². The third-order valence-electron chi connectivity index (χ3n) is 8.23. The number of H-pyrrole nitrogens is 1. The minimum absolute atomic E-state index is 0.112. The van der Waals surface area contributed by atoms with Crippen molar-refractivity contribution in [2.45, 2.75) is 77.0 Å². The van der Waals surface area contributed by atoms with Crippen molar-refractivity contribution in [2.75, 3.05) is 18.1 Å². The topological polar surface area (TPSA) is 128 Å². The Kier molecular flexibility index (Phi) is 7.90. The van der Waals surface area contributed by atoms with E-state index >= 15 is 0 Å². The summed E-state index contributed by atoms with van der Waals surface area (Å²) in [6.07, 6.45) is 12.9. The summed E-state index contributed by atoms with van der Waals surface area (Å²) >= 11 is 6.39. The van der Waals surface area contributed by atoms with Crippen LogP contribution in [0.4, 0.5) is 5.95 Å². The number of pyridine rings is 1. The largest absolute Gasteiger partial charge is 0.439 e. The molecule has 4 unspecified atom stereocenters. The number of morpholine rings is 1. The van der Waals surface area contributed by atoms with E-state index in [1.807, 2.05) is 12.1 Å². The van der Waals surface area contributed by atoms with Crippen LogP contribution in [0, 0.1) is 5.92 Å². The average Bonchev–Trinajstić information content (AvgIpc) is 3.70. The van der Waals surface area contributed by atoms with Gasteiger partial charge < -0.3 is 14.2 Å². The SMILES string of the molecule is C=CCC(C)CCCC(C)n1c(N2CCOC3CCCC32)nc2nc(-c3noc(=O)[nH]3)nc(-c3cncc(Cl)c3)c21. The predicted molar refractivity (Wildman–Crippen MR) is 157 cm³/mol. The summed E-state index contributed by atoms with van der Waals surface area (Å²) in [6, 6.07) is 2.20. The highest BCUT2D eigenvalue weighted by atomic mass is 35.5. The number of allylic oxidation sites excluding steroid dienone is 1. The number of aromatic amines is 1. The Labute approximate surface area is 243 Å². The Morgan fingerprint density at radius 3 is 2.88 bits per heavy atom. The maximum atomic E-state index is 11.8. The molecule has 11 nitrogen and oxygen atoms in total. The molecule has 2 fully saturated rings. The Morgan fingerprint density at radius 1 is 1.22 bits per heavy atom. The van der Waals surface area contributed by atoms with Gasteiger partial charge in [-0.2, -0.15) is 4.98 Å². The molecule has 1 N–H and O–H groups in total. The van der Waals surface area contributed by atoms with Gasteiger partial charge in [-0.25, -0.2) is 14.8 Å². The molecule has 4 aromatic rings. The zero-order chi connectivity index (χ0) is 28.5. The van der Waals surface area contributed by atoms with Crippen LogP contribution in [0.1, 0.15) is 64.8 Å². The van der Waals surface area contributed by atoms with Crippen LogP contribution in [0.3, 0.4) is 0 Å². The van der Waals surface area contributed by atoms with Crippen molar-refractivity contribution < 1.29 is 9.26 Å². The van der Waals surface area contributed by atoms with Crippen molar-refractivity contribution in [3.8, 4) is 22.9 Å². The van der Waals surface area contributed by atoms with E-state index < -0.39 is 5.76 Å². The van der Waals surface area contributed by atoms with Gasteiger partial charge in [-0.15, -0.1) is 6.58 Å². The molecular formula is C29H35ClN8O3. The lowest BCUT2D eigenvalue weighted by Crippen LogP contribution is -2.49. The van der Waals surface area contributed by atoms with Gasteiger partial charge in [0.25, 0.3) is 0 Å². The van der Waals surface area contributed by atoms with Gasteiger partial charge in [0, 0.05) is 30.5 Å². The Morgan fingerprint density at radius 2 is 2.10 bits per heavy atom. The standard InChI is InChI=1S/C29H35ClN8O3/c1-4-7-17(2)8-5-9-18(3)38-24-23(19-14-20(30)16-31-15-19)32-26(27-35-29(39)41-36-27)33-25(24)34-28(38)37-12-13-40-22-11-6-10-21(22)37/h4,14-18,21-22H,1,5-13H2,2-3H3,(H,35,36,39). The number of anilines is 1. The number of halogens is 1. The molecule has 0 radical (unpaired) electrons. The first-order valence-electron chi connectivity index (χ1n) is 14.4. The fourth-order valence-electron chi connectivity index (χ4n) is 6.25. The number of fused-ring (bicyclic) bond motifs is 2. The van der Waals surface area contributed by atoms with Crippen molar-refractivity contribution in [2.24, 2.45) is 5.92 Å². The Balaban J connectivity index is 1.52. The molecule has 12 heteroatoms. The van der Waals surface area contributed by atoms with Gasteiger partial charge in [-0.1, -0.05) is 42.6 Å². The van der Waals surface area contributed by atoms with E-state index in [9.17, 15) is 4.79 Å². The molecular weight excluding hydrogens is 544 g/mol. The normalized spacial score (nSPS) is 20.3. The maximum Gasteiger partial charge on any atom is 0.439 e. The molecule has 6 rings (SSSR count). The van der Waals surface area contributed by atoms with Gasteiger partial charge in [-0.05, 0) is 51.0 Å². The van der Waals surface area contributed by atoms with Crippen LogP contribution in [-0.4, -0.2) is 59.9 Å². The highest BCUT2D eigenvalue weighted by Crippen LogP contribution is 2.39. The molecule has 5 heterocycles. The molecule has 1 aliphatic carbocycles. The molecule has 0 bridgehead atoms. The number of ether oxygens (including phenoxy) is 1. The number of rotatable bonds is 10. The van der Waals surface area contributed by atoms with Gasteiger partial charge >= 0.3 is 5.76 Å². The number of hydrogen-bond donors (Lipinski definition) is 1. The van der Waals surface area contributed by atoms with E-state index in [0.717, 1.165) is 68.5 Å². The number of aromatic nitrogens is 7. The minimum atomic E-state index is -0.680. The number of imidazole rings is 1. The summed E-state index contributed by atoms with van der Waals surface area (Å²) in [5, 5.41) is 4.33. The van der Waals surface area contributed by atoms with Crippen LogP contribution in [-0.2, 0) is 4.74 Å². The lowest BCUT2D eigenvalue weighted by atomic mass is 9.99. The minimum Gasteiger partial charge on any atom is -0.374 e. The predicted octanol–water partition coefficient (Wildman–Crippen LogP) is 5.59. The highest BCUT2D eigenvalue weighted by Gasteiger charge is 2.39. The molecule has 4 aromatic heterocycles. The molecule has 4 atom stereocenters. The summed E-state index contributed by atoms with van der Waals surface area (Å²) in [4.78, 5) is 35.9. The van der Waals surface area contributed by atoms with Gasteiger partial charge in [-0.3, -0.25) is 14.5 Å². The van der Waals surface area contributed by atoms with Crippen molar-refractivity contribution in [1.82, 2.24) is 34.6 Å². The van der Waals surface area contributed by atoms with Gasteiger partial charge in [0.1, 0.15) is 11.2 Å². The second-order valence-corrected chi connectivity index (χ2v) is 11.6. The molecule has 1 saturated carbocycles. The third kappa shape index (κ3) is 5.52. The molecule has 216 valence electrons. The quantitative estimate of drug-likeness (QED) is 0.239. The fraction of sp³-hybridized carbons (Fsp3) is 0.517. The molecule has 1 aliphatic heterocycles. The summed E-state index contributed by atoms with van der Waals surface area (Å²) in [6.45, 7) is 9.80. The zero-order valence-corrected chi connectivity index (χ0v) is 24.2. The first-order chi connectivity index (χ1) is 19.9. The van der Waals surface area contributed by atoms with Crippen molar-refractivity contribution >= 4 is 28.7 Å². The average molecular weight is 579 g/mol. The van der Waals surface area contributed by atoms with E-state index in [0.29, 0.717) is 28.9 Å². The molecule has 0 aromatic carbocycles. The molecule has 0 amide bonds. The van der Waals surface area contributed by atoms with Crippen LogP contribution >= 0.6 is 11.6 Å². The lowest BCUT2D eigenvalue weighted by molar-refractivity contribution is 0.0246. The van der Waals surface area contributed by atoms with Crippen LogP contribution < -0.4 is 10.7 Å². The molecule has 2 aliphatic rings. The Bertz CT molecular complexity index is 1600. The summed E-state index contributed by atoms with van der Waals surface area (Å²) in [5.74, 6) is 1.11. The third-order valence-corrected chi connectivity index (χ3v) is 8.43. The number of nitrogens with zero attached hydrogens (tertiary/aromatic N) is 7. The summed E-state index contributed by atoms with van der Waals surface area (Å²) < 4.78 is 13.2. The summed E-state index contributed by atoms with van der Waals surface area (Å²) in [7, 11) is 0. The van der Waals surface area contributed by atoms with Crippen molar-refractivity contribution in [3.05, 3.63) is 46.7 Å². The van der Waals surface area contributed by atoms with Crippen LogP contribution in [0.15, 0.2) is 40.4 Å².